The highest BCUT2D eigenvalue weighted by molar-refractivity contribution is 5.97. The highest BCUT2D eigenvalue weighted by Crippen LogP contribution is 2.08. The summed E-state index contributed by atoms with van der Waals surface area (Å²) in [6, 6.07) is 8.29. The Balaban J connectivity index is 2.08. The Morgan fingerprint density at radius 2 is 1.83 bits per heavy atom. The number of amides is 2. The van der Waals surface area contributed by atoms with E-state index in [4.69, 9.17) is 10.8 Å². The van der Waals surface area contributed by atoms with E-state index in [-0.39, 0.29) is 12.0 Å². The first-order valence-corrected chi connectivity index (χ1v) is 6.80. The van der Waals surface area contributed by atoms with Crippen molar-refractivity contribution in [1.29, 1.82) is 0 Å². The SMILES string of the molecule is NC(=O)[C@H](Cc1ccc(C(=O)O)cc1)NC(=O)c1cccnc1. The van der Waals surface area contributed by atoms with Crippen molar-refractivity contribution in [3.8, 4) is 0 Å². The minimum atomic E-state index is -1.03. The van der Waals surface area contributed by atoms with Crippen molar-refractivity contribution in [1.82, 2.24) is 10.3 Å². The molecule has 0 saturated carbocycles. The van der Waals surface area contributed by atoms with Crippen LogP contribution in [0.3, 0.4) is 0 Å². The zero-order valence-corrected chi connectivity index (χ0v) is 12.1. The summed E-state index contributed by atoms with van der Waals surface area (Å²) in [6.45, 7) is 0. The number of aromatic nitrogens is 1. The molecule has 0 bridgehead atoms. The molecule has 1 aromatic carbocycles. The zero-order chi connectivity index (χ0) is 16.8. The number of carboxylic acid groups (broad SMARTS) is 1. The number of nitrogens with one attached hydrogen (secondary N) is 1. The molecule has 0 radical (unpaired) electrons. The largest absolute Gasteiger partial charge is 0.478 e. The highest BCUT2D eigenvalue weighted by Gasteiger charge is 2.19. The van der Waals surface area contributed by atoms with Gasteiger partial charge in [0.15, 0.2) is 0 Å². The number of primary amides is 1. The molecule has 2 amide bonds. The summed E-state index contributed by atoms with van der Waals surface area (Å²) in [5.41, 5.74) is 6.47. The summed E-state index contributed by atoms with van der Waals surface area (Å²) in [5.74, 6) is -2.17. The number of aromatic carboxylic acids is 1. The molecule has 7 nitrogen and oxygen atoms in total. The standard InChI is InChI=1S/C16H15N3O4/c17-14(20)13(19-15(21)12-2-1-7-18-9-12)8-10-3-5-11(6-4-10)16(22)23/h1-7,9,13H,8H2,(H2,17,20)(H,19,21)(H,22,23)/t13-/m0/s1. The van der Waals surface area contributed by atoms with Crippen LogP contribution in [0.1, 0.15) is 26.3 Å². The minimum Gasteiger partial charge on any atom is -0.478 e. The van der Waals surface area contributed by atoms with Crippen LogP contribution in [0.5, 0.6) is 0 Å². The highest BCUT2D eigenvalue weighted by atomic mass is 16.4. The van der Waals surface area contributed by atoms with Crippen LogP contribution in [0.25, 0.3) is 0 Å². The number of nitrogens with zero attached hydrogens (tertiary/aromatic N) is 1. The number of rotatable bonds is 6. The van der Waals surface area contributed by atoms with Crippen LogP contribution in [-0.2, 0) is 11.2 Å². The van der Waals surface area contributed by atoms with E-state index in [1.807, 2.05) is 0 Å². The van der Waals surface area contributed by atoms with E-state index in [0.717, 1.165) is 0 Å². The predicted molar refractivity (Wildman–Crippen MR) is 81.8 cm³/mol. The van der Waals surface area contributed by atoms with Crippen molar-refractivity contribution in [3.05, 3.63) is 65.5 Å². The third-order valence-electron chi connectivity index (χ3n) is 3.21. The molecule has 0 aliphatic rings. The van der Waals surface area contributed by atoms with Gasteiger partial charge in [-0.15, -0.1) is 0 Å². The number of hydrogen-bond acceptors (Lipinski definition) is 4. The molecule has 7 heteroatoms. The summed E-state index contributed by atoms with van der Waals surface area (Å²) in [5, 5.41) is 11.4. The number of carboxylic acids is 1. The van der Waals surface area contributed by atoms with Crippen molar-refractivity contribution in [2.24, 2.45) is 5.73 Å². The van der Waals surface area contributed by atoms with Gasteiger partial charge in [0, 0.05) is 18.8 Å². The van der Waals surface area contributed by atoms with E-state index < -0.39 is 23.8 Å². The average molecular weight is 313 g/mol. The lowest BCUT2D eigenvalue weighted by Crippen LogP contribution is -2.45. The Bertz CT molecular complexity index is 714. The van der Waals surface area contributed by atoms with E-state index in [9.17, 15) is 14.4 Å². The first-order valence-electron chi connectivity index (χ1n) is 6.80. The van der Waals surface area contributed by atoms with Gasteiger partial charge in [0.1, 0.15) is 6.04 Å². The average Bonchev–Trinajstić information content (AvgIpc) is 2.55. The number of benzene rings is 1. The topological polar surface area (TPSA) is 122 Å². The first kappa shape index (κ1) is 16.2. The molecule has 0 aliphatic carbocycles. The van der Waals surface area contributed by atoms with Crippen LogP contribution in [-0.4, -0.2) is 33.9 Å². The Kier molecular flexibility index (Phi) is 5.03. The summed E-state index contributed by atoms with van der Waals surface area (Å²) in [4.78, 5) is 38.2. The van der Waals surface area contributed by atoms with Crippen LogP contribution in [0.15, 0.2) is 48.8 Å². The molecular weight excluding hydrogens is 298 g/mol. The maximum atomic E-state index is 12.1. The van der Waals surface area contributed by atoms with Gasteiger partial charge in [0.05, 0.1) is 11.1 Å². The number of hydrogen-bond donors (Lipinski definition) is 3. The molecule has 0 saturated heterocycles. The van der Waals surface area contributed by atoms with Gasteiger partial charge in [-0.1, -0.05) is 12.1 Å². The van der Waals surface area contributed by atoms with E-state index in [1.54, 1.807) is 24.3 Å². The third kappa shape index (κ3) is 4.37. The third-order valence-corrected chi connectivity index (χ3v) is 3.21. The van der Waals surface area contributed by atoms with Crippen molar-refractivity contribution in [2.45, 2.75) is 12.5 Å². The Morgan fingerprint density at radius 3 is 2.35 bits per heavy atom. The van der Waals surface area contributed by atoms with Crippen molar-refractivity contribution >= 4 is 17.8 Å². The molecule has 1 atom stereocenters. The first-order chi connectivity index (χ1) is 11.0. The van der Waals surface area contributed by atoms with Gasteiger partial charge < -0.3 is 16.2 Å². The maximum Gasteiger partial charge on any atom is 0.335 e. The fourth-order valence-electron chi connectivity index (χ4n) is 1.98. The van der Waals surface area contributed by atoms with Gasteiger partial charge in [-0.05, 0) is 29.8 Å². The molecule has 0 aliphatic heterocycles. The fourth-order valence-corrected chi connectivity index (χ4v) is 1.98. The van der Waals surface area contributed by atoms with Crippen molar-refractivity contribution in [3.63, 3.8) is 0 Å². The second-order valence-electron chi connectivity index (χ2n) is 4.88. The second-order valence-corrected chi connectivity index (χ2v) is 4.88. The maximum absolute atomic E-state index is 12.1. The van der Waals surface area contributed by atoms with Crippen LogP contribution in [0.2, 0.25) is 0 Å². The molecule has 1 aromatic heterocycles. The van der Waals surface area contributed by atoms with Gasteiger partial charge in [0.2, 0.25) is 5.91 Å². The Labute approximate surface area is 132 Å². The van der Waals surface area contributed by atoms with Crippen LogP contribution in [0.4, 0.5) is 0 Å². The molecule has 23 heavy (non-hydrogen) atoms. The predicted octanol–water partition coefficient (Wildman–Crippen LogP) is 0.606. The van der Waals surface area contributed by atoms with Crippen LogP contribution >= 0.6 is 0 Å². The molecule has 4 N–H and O–H groups in total. The van der Waals surface area contributed by atoms with E-state index in [0.29, 0.717) is 11.1 Å². The summed E-state index contributed by atoms with van der Waals surface area (Å²) >= 11 is 0. The van der Waals surface area contributed by atoms with E-state index in [1.165, 1.54) is 24.5 Å². The quantitative estimate of drug-likeness (QED) is 0.721. The second kappa shape index (κ2) is 7.17. The lowest BCUT2D eigenvalue weighted by molar-refractivity contribution is -0.119. The smallest absolute Gasteiger partial charge is 0.335 e. The lowest BCUT2D eigenvalue weighted by atomic mass is 10.0. The van der Waals surface area contributed by atoms with Crippen LogP contribution in [0, 0.1) is 0 Å². The molecule has 2 aromatic rings. The fraction of sp³-hybridized carbons (Fsp3) is 0.125. The minimum absolute atomic E-state index is 0.142. The number of carbonyl (C=O) groups excluding carboxylic acids is 2. The summed E-state index contributed by atoms with van der Waals surface area (Å²) in [6.07, 6.45) is 3.09. The lowest BCUT2D eigenvalue weighted by Gasteiger charge is -2.15. The number of pyridine rings is 1. The summed E-state index contributed by atoms with van der Waals surface area (Å²) < 4.78 is 0. The van der Waals surface area contributed by atoms with Gasteiger partial charge in [-0.25, -0.2) is 4.79 Å². The van der Waals surface area contributed by atoms with Gasteiger partial charge in [-0.2, -0.15) is 0 Å². The van der Waals surface area contributed by atoms with Crippen LogP contribution < -0.4 is 11.1 Å². The number of carbonyl (C=O) groups is 3. The normalized spacial score (nSPS) is 11.5. The molecular formula is C16H15N3O4. The Hall–Kier alpha value is -3.22. The molecule has 0 fully saturated rings. The Morgan fingerprint density at radius 1 is 1.13 bits per heavy atom. The van der Waals surface area contributed by atoms with Crippen molar-refractivity contribution in [2.75, 3.05) is 0 Å². The van der Waals surface area contributed by atoms with Gasteiger partial charge in [-0.3, -0.25) is 14.6 Å². The van der Waals surface area contributed by atoms with E-state index in [2.05, 4.69) is 10.3 Å². The van der Waals surface area contributed by atoms with Gasteiger partial charge >= 0.3 is 5.97 Å². The van der Waals surface area contributed by atoms with Crippen molar-refractivity contribution < 1.29 is 19.5 Å². The van der Waals surface area contributed by atoms with Gasteiger partial charge in [0.25, 0.3) is 5.91 Å². The molecule has 1 heterocycles. The molecule has 2 rings (SSSR count). The zero-order valence-electron chi connectivity index (χ0n) is 12.1. The number of nitrogens with two attached hydrogens (primary N) is 1. The van der Waals surface area contributed by atoms with E-state index >= 15 is 0 Å². The summed E-state index contributed by atoms with van der Waals surface area (Å²) in [7, 11) is 0. The molecule has 0 spiro atoms. The molecule has 118 valence electrons. The monoisotopic (exact) mass is 313 g/mol. The molecule has 0 unspecified atom stereocenters.